The van der Waals surface area contributed by atoms with Crippen LogP contribution >= 0.6 is 11.6 Å². The van der Waals surface area contributed by atoms with Gasteiger partial charge < -0.3 is 0 Å². The number of allylic oxidation sites excluding steroid dienone is 5. The van der Waals surface area contributed by atoms with Crippen molar-refractivity contribution < 1.29 is 0 Å². The van der Waals surface area contributed by atoms with Crippen LogP contribution < -0.4 is 0 Å². The zero-order chi connectivity index (χ0) is 11.1. The standard InChI is InChI=1S/C13H14ClN/c1-3-5-11(6-4-2)9-12-10-15-8-7-13(12)14/h3-8,10H,1,9H2,2H3/b6-4-,11-5+. The minimum Gasteiger partial charge on any atom is -0.264 e. The molecule has 0 bridgehead atoms. The van der Waals surface area contributed by atoms with Gasteiger partial charge in [-0.1, -0.05) is 42.5 Å². The quantitative estimate of drug-likeness (QED) is 0.699. The van der Waals surface area contributed by atoms with Gasteiger partial charge in [0.05, 0.1) is 0 Å². The number of aromatic nitrogens is 1. The molecule has 1 aromatic heterocycles. The van der Waals surface area contributed by atoms with Crippen molar-refractivity contribution >= 4 is 11.6 Å². The van der Waals surface area contributed by atoms with Crippen LogP contribution in [0.1, 0.15) is 12.5 Å². The Balaban J connectivity index is 2.88. The van der Waals surface area contributed by atoms with E-state index in [0.717, 1.165) is 17.0 Å². The molecule has 0 saturated heterocycles. The van der Waals surface area contributed by atoms with Gasteiger partial charge in [0.2, 0.25) is 0 Å². The van der Waals surface area contributed by atoms with Crippen LogP contribution in [0.2, 0.25) is 5.02 Å². The molecule has 0 aliphatic carbocycles. The third-order valence-corrected chi connectivity index (χ3v) is 2.32. The van der Waals surface area contributed by atoms with E-state index in [-0.39, 0.29) is 0 Å². The average Bonchev–Trinajstić information content (AvgIpc) is 2.22. The van der Waals surface area contributed by atoms with Gasteiger partial charge in [-0.15, -0.1) is 0 Å². The van der Waals surface area contributed by atoms with E-state index in [1.165, 1.54) is 5.57 Å². The third kappa shape index (κ3) is 3.72. The van der Waals surface area contributed by atoms with Gasteiger partial charge in [-0.3, -0.25) is 4.98 Å². The van der Waals surface area contributed by atoms with Crippen LogP contribution in [0.4, 0.5) is 0 Å². The molecule has 0 unspecified atom stereocenters. The monoisotopic (exact) mass is 219 g/mol. The molecule has 0 fully saturated rings. The van der Waals surface area contributed by atoms with Crippen molar-refractivity contribution in [2.24, 2.45) is 0 Å². The highest BCUT2D eigenvalue weighted by Gasteiger charge is 2.00. The summed E-state index contributed by atoms with van der Waals surface area (Å²) >= 11 is 6.05. The lowest BCUT2D eigenvalue weighted by Crippen LogP contribution is -1.90. The minimum atomic E-state index is 0.754. The van der Waals surface area contributed by atoms with Gasteiger partial charge >= 0.3 is 0 Å². The number of hydrogen-bond acceptors (Lipinski definition) is 1. The summed E-state index contributed by atoms with van der Waals surface area (Å²) in [6.45, 7) is 5.68. The van der Waals surface area contributed by atoms with E-state index in [2.05, 4.69) is 11.6 Å². The maximum absolute atomic E-state index is 6.05. The van der Waals surface area contributed by atoms with Gasteiger partial charge in [0.1, 0.15) is 0 Å². The molecule has 1 rings (SSSR count). The van der Waals surface area contributed by atoms with Gasteiger partial charge in [-0.2, -0.15) is 0 Å². The van der Waals surface area contributed by atoms with E-state index in [9.17, 15) is 0 Å². The van der Waals surface area contributed by atoms with Gasteiger partial charge in [-0.25, -0.2) is 0 Å². The fourth-order valence-electron chi connectivity index (χ4n) is 1.30. The Morgan fingerprint density at radius 2 is 2.40 bits per heavy atom. The van der Waals surface area contributed by atoms with E-state index in [0.29, 0.717) is 0 Å². The van der Waals surface area contributed by atoms with Gasteiger partial charge in [0, 0.05) is 23.8 Å². The van der Waals surface area contributed by atoms with Crippen molar-refractivity contribution in [2.45, 2.75) is 13.3 Å². The number of nitrogens with zero attached hydrogens (tertiary/aromatic N) is 1. The minimum absolute atomic E-state index is 0.754. The van der Waals surface area contributed by atoms with E-state index in [1.54, 1.807) is 24.5 Å². The van der Waals surface area contributed by atoms with Crippen molar-refractivity contribution in [1.82, 2.24) is 4.98 Å². The van der Waals surface area contributed by atoms with Crippen LogP contribution in [0.15, 0.2) is 54.9 Å². The molecule has 0 aliphatic heterocycles. The van der Waals surface area contributed by atoms with Crippen molar-refractivity contribution in [3.8, 4) is 0 Å². The number of hydrogen-bond donors (Lipinski definition) is 0. The summed E-state index contributed by atoms with van der Waals surface area (Å²) in [6.07, 6.45) is 12.1. The van der Waals surface area contributed by atoms with Crippen molar-refractivity contribution in [3.63, 3.8) is 0 Å². The Bertz CT molecular complexity index is 391. The highest BCUT2D eigenvalue weighted by molar-refractivity contribution is 6.31. The molecular weight excluding hydrogens is 206 g/mol. The Hall–Kier alpha value is -1.34. The molecule has 0 aliphatic rings. The fourth-order valence-corrected chi connectivity index (χ4v) is 1.47. The number of halogens is 1. The van der Waals surface area contributed by atoms with Crippen LogP contribution in [0, 0.1) is 0 Å². The predicted molar refractivity (Wildman–Crippen MR) is 66.0 cm³/mol. The molecule has 2 heteroatoms. The van der Waals surface area contributed by atoms with E-state index < -0.39 is 0 Å². The first-order valence-electron chi connectivity index (χ1n) is 4.80. The molecule has 0 saturated carbocycles. The second-order valence-electron chi connectivity index (χ2n) is 3.12. The normalized spacial score (nSPS) is 12.0. The average molecular weight is 220 g/mol. The lowest BCUT2D eigenvalue weighted by atomic mass is 10.1. The Morgan fingerprint density at radius 1 is 1.60 bits per heavy atom. The second kappa shape index (κ2) is 6.20. The Labute approximate surface area is 95.8 Å². The van der Waals surface area contributed by atoms with Crippen LogP contribution in [0.25, 0.3) is 0 Å². The Kier molecular flexibility index (Phi) is 4.85. The first-order chi connectivity index (χ1) is 7.27. The maximum Gasteiger partial charge on any atom is 0.0472 e. The summed E-state index contributed by atoms with van der Waals surface area (Å²) in [5, 5.41) is 0.754. The first kappa shape index (κ1) is 11.7. The summed E-state index contributed by atoms with van der Waals surface area (Å²) in [5.74, 6) is 0. The molecule has 0 amide bonds. The molecule has 0 N–H and O–H groups in total. The van der Waals surface area contributed by atoms with Crippen LogP contribution in [0.3, 0.4) is 0 Å². The second-order valence-corrected chi connectivity index (χ2v) is 3.53. The molecule has 1 heterocycles. The highest BCUT2D eigenvalue weighted by Crippen LogP contribution is 2.18. The zero-order valence-corrected chi connectivity index (χ0v) is 9.54. The lowest BCUT2D eigenvalue weighted by Gasteiger charge is -2.03. The van der Waals surface area contributed by atoms with Gasteiger partial charge in [0.25, 0.3) is 0 Å². The molecule has 0 atom stereocenters. The van der Waals surface area contributed by atoms with Gasteiger partial charge in [-0.05, 0) is 24.1 Å². The largest absolute Gasteiger partial charge is 0.264 e. The first-order valence-corrected chi connectivity index (χ1v) is 5.18. The van der Waals surface area contributed by atoms with Crippen LogP contribution in [-0.2, 0) is 6.42 Å². The van der Waals surface area contributed by atoms with Crippen molar-refractivity contribution in [2.75, 3.05) is 0 Å². The summed E-state index contributed by atoms with van der Waals surface area (Å²) < 4.78 is 0. The zero-order valence-electron chi connectivity index (χ0n) is 8.78. The van der Waals surface area contributed by atoms with Crippen molar-refractivity contribution in [1.29, 1.82) is 0 Å². The van der Waals surface area contributed by atoms with E-state index in [1.807, 2.05) is 25.2 Å². The smallest absolute Gasteiger partial charge is 0.0472 e. The molecule has 0 radical (unpaired) electrons. The summed E-state index contributed by atoms with van der Waals surface area (Å²) in [6, 6.07) is 1.80. The van der Waals surface area contributed by atoms with E-state index in [4.69, 9.17) is 11.6 Å². The summed E-state index contributed by atoms with van der Waals surface area (Å²) in [5.41, 5.74) is 2.20. The lowest BCUT2D eigenvalue weighted by molar-refractivity contribution is 1.15. The highest BCUT2D eigenvalue weighted by atomic mass is 35.5. The Morgan fingerprint density at radius 3 is 3.00 bits per heavy atom. The SMILES string of the molecule is C=C/C=C(\C=C/C)Cc1cnccc1Cl. The van der Waals surface area contributed by atoms with Crippen LogP contribution in [-0.4, -0.2) is 4.98 Å². The topological polar surface area (TPSA) is 12.9 Å². The maximum atomic E-state index is 6.05. The van der Waals surface area contributed by atoms with E-state index >= 15 is 0 Å². The molecule has 15 heavy (non-hydrogen) atoms. The fraction of sp³-hybridized carbons (Fsp3) is 0.154. The van der Waals surface area contributed by atoms with Crippen molar-refractivity contribution in [3.05, 3.63) is 65.5 Å². The summed E-state index contributed by atoms with van der Waals surface area (Å²) in [4.78, 5) is 4.06. The van der Waals surface area contributed by atoms with Gasteiger partial charge in [0.15, 0.2) is 0 Å². The molecule has 1 nitrogen and oxygen atoms in total. The predicted octanol–water partition coefficient (Wildman–Crippen LogP) is 3.97. The molecule has 0 spiro atoms. The third-order valence-electron chi connectivity index (χ3n) is 1.95. The van der Waals surface area contributed by atoms with Crippen LogP contribution in [0.5, 0.6) is 0 Å². The molecular formula is C13H14ClN. The summed E-state index contributed by atoms with van der Waals surface area (Å²) in [7, 11) is 0. The molecule has 78 valence electrons. The number of rotatable bonds is 4. The number of pyridine rings is 1. The molecule has 1 aromatic rings. The molecule has 0 aromatic carbocycles.